The molecule has 0 aliphatic carbocycles. The van der Waals surface area contributed by atoms with Crippen molar-refractivity contribution in [1.82, 2.24) is 4.90 Å². The summed E-state index contributed by atoms with van der Waals surface area (Å²) in [7, 11) is 3.01. The second-order valence-corrected chi connectivity index (χ2v) is 8.66. The molecule has 1 N–H and O–H groups in total. The Bertz CT molecular complexity index is 1220. The molecule has 1 aliphatic heterocycles. The number of ether oxygens (including phenoxy) is 2. The van der Waals surface area contributed by atoms with Crippen LogP contribution in [0.3, 0.4) is 0 Å². The van der Waals surface area contributed by atoms with Gasteiger partial charge in [0.1, 0.15) is 17.1 Å². The van der Waals surface area contributed by atoms with Crippen molar-refractivity contribution in [3.05, 3.63) is 82.4 Å². The maximum Gasteiger partial charge on any atom is 0.263 e. The van der Waals surface area contributed by atoms with E-state index >= 15 is 0 Å². The van der Waals surface area contributed by atoms with E-state index in [1.165, 1.54) is 14.2 Å². The maximum absolute atomic E-state index is 13.0. The first-order chi connectivity index (χ1) is 16.9. The molecular formula is C27H28ClN3O4. The van der Waals surface area contributed by atoms with Gasteiger partial charge in [0, 0.05) is 37.4 Å². The van der Waals surface area contributed by atoms with E-state index in [2.05, 4.69) is 10.2 Å². The van der Waals surface area contributed by atoms with Crippen LogP contribution in [-0.4, -0.2) is 57.1 Å². The molecule has 0 bridgehead atoms. The van der Waals surface area contributed by atoms with E-state index in [9.17, 15) is 9.59 Å². The molecule has 0 radical (unpaired) electrons. The third kappa shape index (κ3) is 5.20. The first-order valence-corrected chi connectivity index (χ1v) is 11.7. The number of hydrogen-bond donors (Lipinski definition) is 1. The molecule has 0 spiro atoms. The number of hydrogen-bond acceptors (Lipinski definition) is 5. The Kier molecular flexibility index (Phi) is 7.46. The lowest BCUT2D eigenvalue weighted by molar-refractivity contribution is 0.0746. The van der Waals surface area contributed by atoms with Crippen molar-refractivity contribution in [2.45, 2.75) is 6.92 Å². The van der Waals surface area contributed by atoms with Crippen LogP contribution in [0.4, 0.5) is 11.4 Å². The first-order valence-electron chi connectivity index (χ1n) is 11.3. The summed E-state index contributed by atoms with van der Waals surface area (Å²) in [6.45, 7) is 4.50. The fraction of sp³-hybridized carbons (Fsp3) is 0.259. The molecule has 1 fully saturated rings. The zero-order chi connectivity index (χ0) is 24.9. The number of aryl methyl sites for hydroxylation is 1. The fourth-order valence-corrected chi connectivity index (χ4v) is 4.54. The SMILES string of the molecule is COc1cccc(OC)c1C(=O)Nc1ccc(N2CCN(C(=O)c3ccccc3C)CC2)c(Cl)c1. The Morgan fingerprint density at radius 2 is 1.54 bits per heavy atom. The van der Waals surface area contributed by atoms with Gasteiger partial charge in [-0.3, -0.25) is 9.59 Å². The largest absolute Gasteiger partial charge is 0.496 e. The molecule has 1 saturated heterocycles. The Balaban J connectivity index is 1.43. The van der Waals surface area contributed by atoms with Gasteiger partial charge in [0.2, 0.25) is 0 Å². The van der Waals surface area contributed by atoms with Gasteiger partial charge >= 0.3 is 0 Å². The van der Waals surface area contributed by atoms with Gasteiger partial charge in [-0.25, -0.2) is 0 Å². The van der Waals surface area contributed by atoms with Crippen LogP contribution in [0.2, 0.25) is 5.02 Å². The van der Waals surface area contributed by atoms with Crippen LogP contribution in [0.15, 0.2) is 60.7 Å². The number of carbonyl (C=O) groups excluding carboxylic acids is 2. The summed E-state index contributed by atoms with van der Waals surface area (Å²) in [6, 6.07) is 18.2. The molecule has 182 valence electrons. The topological polar surface area (TPSA) is 71.1 Å². The van der Waals surface area contributed by atoms with Crippen molar-refractivity contribution in [1.29, 1.82) is 0 Å². The van der Waals surface area contributed by atoms with Crippen molar-refractivity contribution in [3.63, 3.8) is 0 Å². The first kappa shape index (κ1) is 24.4. The number of nitrogens with one attached hydrogen (secondary N) is 1. The van der Waals surface area contributed by atoms with E-state index in [-0.39, 0.29) is 11.8 Å². The predicted octanol–water partition coefficient (Wildman–Crippen LogP) is 4.88. The summed E-state index contributed by atoms with van der Waals surface area (Å²) in [5.41, 5.74) is 3.46. The third-order valence-electron chi connectivity index (χ3n) is 6.14. The highest BCUT2D eigenvalue weighted by Crippen LogP contribution is 2.32. The zero-order valence-electron chi connectivity index (χ0n) is 20.0. The minimum atomic E-state index is -0.355. The summed E-state index contributed by atoms with van der Waals surface area (Å²) < 4.78 is 10.7. The molecule has 1 heterocycles. The number of rotatable bonds is 6. The van der Waals surface area contributed by atoms with Gasteiger partial charge in [0.05, 0.1) is 24.9 Å². The maximum atomic E-state index is 13.0. The smallest absolute Gasteiger partial charge is 0.263 e. The van der Waals surface area contributed by atoms with E-state index < -0.39 is 0 Å². The highest BCUT2D eigenvalue weighted by molar-refractivity contribution is 6.33. The summed E-state index contributed by atoms with van der Waals surface area (Å²) in [6.07, 6.45) is 0. The number of benzene rings is 3. The third-order valence-corrected chi connectivity index (χ3v) is 6.45. The number of methoxy groups -OCH3 is 2. The highest BCUT2D eigenvalue weighted by atomic mass is 35.5. The van der Waals surface area contributed by atoms with Crippen molar-refractivity contribution in [2.75, 3.05) is 50.6 Å². The van der Waals surface area contributed by atoms with Crippen LogP contribution in [0.25, 0.3) is 0 Å². The second kappa shape index (κ2) is 10.7. The van der Waals surface area contributed by atoms with Crippen LogP contribution in [-0.2, 0) is 0 Å². The molecule has 0 unspecified atom stereocenters. The molecule has 3 aromatic rings. The van der Waals surface area contributed by atoms with Crippen LogP contribution < -0.4 is 19.7 Å². The van der Waals surface area contributed by atoms with Gasteiger partial charge < -0.3 is 24.6 Å². The molecule has 3 aromatic carbocycles. The van der Waals surface area contributed by atoms with E-state index in [4.69, 9.17) is 21.1 Å². The lowest BCUT2D eigenvalue weighted by Crippen LogP contribution is -2.49. The summed E-state index contributed by atoms with van der Waals surface area (Å²) in [5.74, 6) is 0.537. The number of nitrogens with zero attached hydrogens (tertiary/aromatic N) is 2. The van der Waals surface area contributed by atoms with E-state index in [0.29, 0.717) is 54.0 Å². The average molecular weight is 494 g/mol. The van der Waals surface area contributed by atoms with Gasteiger partial charge in [0.15, 0.2) is 0 Å². The second-order valence-electron chi connectivity index (χ2n) is 8.25. The molecular weight excluding hydrogens is 466 g/mol. The Labute approximate surface area is 210 Å². The van der Waals surface area contributed by atoms with E-state index in [1.807, 2.05) is 48.2 Å². The normalized spacial score (nSPS) is 13.4. The fourth-order valence-electron chi connectivity index (χ4n) is 4.24. The predicted molar refractivity (Wildman–Crippen MR) is 138 cm³/mol. The molecule has 2 amide bonds. The summed E-state index contributed by atoms with van der Waals surface area (Å²) in [5, 5.41) is 3.39. The zero-order valence-corrected chi connectivity index (χ0v) is 20.8. The molecule has 0 saturated carbocycles. The minimum absolute atomic E-state index is 0.0543. The van der Waals surface area contributed by atoms with Gasteiger partial charge in [-0.15, -0.1) is 0 Å². The van der Waals surface area contributed by atoms with Crippen molar-refractivity contribution >= 4 is 34.8 Å². The number of piperazine rings is 1. The lowest BCUT2D eigenvalue weighted by atomic mass is 10.1. The summed E-state index contributed by atoms with van der Waals surface area (Å²) >= 11 is 6.60. The number of amides is 2. The Morgan fingerprint density at radius 1 is 0.886 bits per heavy atom. The van der Waals surface area contributed by atoms with Crippen LogP contribution >= 0.6 is 11.6 Å². The van der Waals surface area contributed by atoms with Crippen molar-refractivity contribution < 1.29 is 19.1 Å². The summed E-state index contributed by atoms with van der Waals surface area (Å²) in [4.78, 5) is 29.9. The van der Waals surface area contributed by atoms with Crippen LogP contribution in [0.5, 0.6) is 11.5 Å². The molecule has 1 aliphatic rings. The quantitative estimate of drug-likeness (QED) is 0.530. The monoisotopic (exact) mass is 493 g/mol. The van der Waals surface area contributed by atoms with E-state index in [0.717, 1.165) is 16.8 Å². The molecule has 4 rings (SSSR count). The molecule has 0 atom stereocenters. The Hall–Kier alpha value is -3.71. The van der Waals surface area contributed by atoms with Crippen molar-refractivity contribution in [3.8, 4) is 11.5 Å². The number of carbonyl (C=O) groups is 2. The van der Waals surface area contributed by atoms with E-state index in [1.54, 1.807) is 24.3 Å². The number of anilines is 2. The standard InChI is InChI=1S/C27H28ClN3O4/c1-18-7-4-5-8-20(18)27(33)31-15-13-30(14-16-31)22-12-11-19(17-21(22)28)29-26(32)25-23(34-2)9-6-10-24(25)35-3/h4-12,17H,13-16H2,1-3H3,(H,29,32). The van der Waals surface area contributed by atoms with Gasteiger partial charge in [0.25, 0.3) is 11.8 Å². The minimum Gasteiger partial charge on any atom is -0.496 e. The average Bonchev–Trinajstić information content (AvgIpc) is 2.88. The van der Waals surface area contributed by atoms with Crippen molar-refractivity contribution in [2.24, 2.45) is 0 Å². The molecule has 7 nitrogen and oxygen atoms in total. The van der Waals surface area contributed by atoms with Gasteiger partial charge in [-0.1, -0.05) is 35.9 Å². The molecule has 8 heteroatoms. The molecule has 35 heavy (non-hydrogen) atoms. The lowest BCUT2D eigenvalue weighted by Gasteiger charge is -2.36. The van der Waals surface area contributed by atoms with Gasteiger partial charge in [-0.05, 0) is 48.9 Å². The van der Waals surface area contributed by atoms with Crippen LogP contribution in [0, 0.1) is 6.92 Å². The highest BCUT2D eigenvalue weighted by Gasteiger charge is 2.24. The van der Waals surface area contributed by atoms with Crippen LogP contribution in [0.1, 0.15) is 26.3 Å². The van der Waals surface area contributed by atoms with Gasteiger partial charge in [-0.2, -0.15) is 0 Å². The number of halogens is 1. The molecule has 0 aromatic heterocycles. The Morgan fingerprint density at radius 3 is 2.14 bits per heavy atom.